The molecule has 8 heteroatoms. The molecule has 0 atom stereocenters. The van der Waals surface area contributed by atoms with Crippen LogP contribution in [0.3, 0.4) is 0 Å². The highest BCUT2D eigenvalue weighted by atomic mass is 32.1. The highest BCUT2D eigenvalue weighted by Gasteiger charge is 2.16. The number of anilines is 1. The zero-order valence-electron chi connectivity index (χ0n) is 9.95. The third kappa shape index (κ3) is 3.02. The number of nitrogens with zero attached hydrogens (tertiary/aromatic N) is 4. The van der Waals surface area contributed by atoms with Crippen molar-refractivity contribution < 1.29 is 4.92 Å². The lowest BCUT2D eigenvalue weighted by molar-refractivity contribution is -0.384. The maximum absolute atomic E-state index is 10.9. The summed E-state index contributed by atoms with van der Waals surface area (Å²) >= 11 is 1.51. The highest BCUT2D eigenvalue weighted by molar-refractivity contribution is 7.09. The van der Waals surface area contributed by atoms with Crippen LogP contribution in [-0.2, 0) is 6.54 Å². The summed E-state index contributed by atoms with van der Waals surface area (Å²) < 4.78 is 0. The number of hydrogen-bond donors (Lipinski definition) is 1. The molecule has 0 amide bonds. The topological polar surface area (TPSA) is 105 Å². The van der Waals surface area contributed by atoms with Gasteiger partial charge in [0.25, 0.3) is 0 Å². The predicted molar refractivity (Wildman–Crippen MR) is 69.8 cm³/mol. The average Bonchev–Trinajstić information content (AvgIpc) is 2.82. The lowest BCUT2D eigenvalue weighted by atomic mass is 10.2. The van der Waals surface area contributed by atoms with E-state index in [1.165, 1.54) is 23.6 Å². The van der Waals surface area contributed by atoms with Gasteiger partial charge in [0.2, 0.25) is 5.82 Å². The van der Waals surface area contributed by atoms with Crippen LogP contribution in [0.1, 0.15) is 16.3 Å². The summed E-state index contributed by atoms with van der Waals surface area (Å²) in [6.45, 7) is 2.24. The van der Waals surface area contributed by atoms with E-state index in [1.54, 1.807) is 0 Å². The molecule has 2 heterocycles. The molecule has 7 nitrogen and oxygen atoms in total. The minimum Gasteiger partial charge on any atom is -0.359 e. The van der Waals surface area contributed by atoms with Crippen LogP contribution in [0.5, 0.6) is 0 Å². The van der Waals surface area contributed by atoms with Crippen molar-refractivity contribution in [1.82, 2.24) is 9.97 Å². The Balaban J connectivity index is 2.20. The van der Waals surface area contributed by atoms with Gasteiger partial charge in [0, 0.05) is 17.6 Å². The van der Waals surface area contributed by atoms with Crippen LogP contribution in [0.25, 0.3) is 0 Å². The van der Waals surface area contributed by atoms with Gasteiger partial charge >= 0.3 is 5.69 Å². The molecular weight excluding hydrogens is 266 g/mol. The third-order valence-corrected chi connectivity index (χ3v) is 3.12. The van der Waals surface area contributed by atoms with E-state index >= 15 is 0 Å². The van der Waals surface area contributed by atoms with Gasteiger partial charge in [0.05, 0.1) is 27.7 Å². The van der Waals surface area contributed by atoms with Crippen molar-refractivity contribution >= 4 is 22.8 Å². The molecule has 2 rings (SSSR count). The van der Waals surface area contributed by atoms with Gasteiger partial charge in [-0.2, -0.15) is 5.26 Å². The second-order valence-corrected chi connectivity index (χ2v) is 4.73. The van der Waals surface area contributed by atoms with Crippen LogP contribution in [0.4, 0.5) is 11.5 Å². The van der Waals surface area contributed by atoms with E-state index in [9.17, 15) is 10.1 Å². The van der Waals surface area contributed by atoms with Gasteiger partial charge < -0.3 is 5.32 Å². The second kappa shape index (κ2) is 5.41. The Bertz CT molecular complexity index is 661. The van der Waals surface area contributed by atoms with Crippen LogP contribution in [0, 0.1) is 28.4 Å². The van der Waals surface area contributed by atoms with Crippen LogP contribution in [-0.4, -0.2) is 14.9 Å². The normalized spacial score (nSPS) is 9.89. The number of aromatic nitrogens is 2. The van der Waals surface area contributed by atoms with Crippen molar-refractivity contribution in [1.29, 1.82) is 5.26 Å². The first-order valence-electron chi connectivity index (χ1n) is 5.29. The lowest BCUT2D eigenvalue weighted by Crippen LogP contribution is -2.05. The molecule has 0 aromatic carbocycles. The molecule has 0 saturated carbocycles. The minimum absolute atomic E-state index is 0.134. The molecule has 2 aromatic heterocycles. The molecule has 0 bridgehead atoms. The van der Waals surface area contributed by atoms with Crippen molar-refractivity contribution in [2.75, 3.05) is 5.32 Å². The van der Waals surface area contributed by atoms with E-state index in [-0.39, 0.29) is 17.1 Å². The fraction of sp³-hybridized carbons (Fsp3) is 0.182. The lowest BCUT2D eigenvalue weighted by Gasteiger charge is -2.04. The zero-order valence-corrected chi connectivity index (χ0v) is 10.8. The monoisotopic (exact) mass is 275 g/mol. The second-order valence-electron chi connectivity index (χ2n) is 3.67. The maximum Gasteiger partial charge on any atom is 0.312 e. The summed E-state index contributed by atoms with van der Waals surface area (Å²) in [6.07, 6.45) is 1.29. The molecule has 0 radical (unpaired) electrons. The van der Waals surface area contributed by atoms with Crippen molar-refractivity contribution in [3.8, 4) is 6.07 Å². The summed E-state index contributed by atoms with van der Waals surface area (Å²) in [5, 5.41) is 25.3. The van der Waals surface area contributed by atoms with E-state index in [0.717, 1.165) is 10.7 Å². The average molecular weight is 275 g/mol. The Labute approximate surface area is 112 Å². The van der Waals surface area contributed by atoms with E-state index < -0.39 is 4.92 Å². The van der Waals surface area contributed by atoms with Gasteiger partial charge in [-0.1, -0.05) is 0 Å². The first kappa shape index (κ1) is 12.9. The van der Waals surface area contributed by atoms with E-state index in [0.29, 0.717) is 6.54 Å². The van der Waals surface area contributed by atoms with Gasteiger partial charge in [-0.25, -0.2) is 9.97 Å². The third-order valence-electron chi connectivity index (χ3n) is 2.30. The fourth-order valence-corrected chi connectivity index (χ4v) is 2.07. The molecule has 0 aliphatic carbocycles. The summed E-state index contributed by atoms with van der Waals surface area (Å²) in [5.74, 6) is 0.134. The predicted octanol–water partition coefficient (Wildman–Crippen LogP) is 2.24. The minimum atomic E-state index is -0.567. The van der Waals surface area contributed by atoms with Crippen molar-refractivity contribution in [2.24, 2.45) is 0 Å². The Morgan fingerprint density at radius 2 is 2.42 bits per heavy atom. The number of pyridine rings is 1. The number of nitrogens with one attached hydrogen (secondary N) is 1. The Morgan fingerprint density at radius 1 is 1.63 bits per heavy atom. The number of rotatable bonds is 4. The van der Waals surface area contributed by atoms with Crippen LogP contribution < -0.4 is 5.32 Å². The number of nitro groups is 1. The molecule has 0 spiro atoms. The van der Waals surface area contributed by atoms with Gasteiger partial charge in [-0.3, -0.25) is 10.1 Å². The molecule has 0 aliphatic heterocycles. The summed E-state index contributed by atoms with van der Waals surface area (Å²) in [4.78, 5) is 18.5. The number of hydrogen-bond acceptors (Lipinski definition) is 7. The molecular formula is C11H9N5O2S. The number of aryl methyl sites for hydroxylation is 1. The van der Waals surface area contributed by atoms with E-state index in [1.807, 2.05) is 18.4 Å². The first-order chi connectivity index (χ1) is 9.10. The van der Waals surface area contributed by atoms with Gasteiger partial charge in [-0.05, 0) is 6.92 Å². The van der Waals surface area contributed by atoms with Crippen LogP contribution >= 0.6 is 11.3 Å². The quantitative estimate of drug-likeness (QED) is 0.677. The SMILES string of the molecule is Cc1nc(CNc2ncc(C#N)cc2[N+](=O)[O-])cs1. The largest absolute Gasteiger partial charge is 0.359 e. The molecule has 19 heavy (non-hydrogen) atoms. The maximum atomic E-state index is 10.9. The molecule has 0 unspecified atom stereocenters. The molecule has 0 aliphatic rings. The molecule has 1 N–H and O–H groups in total. The smallest absolute Gasteiger partial charge is 0.312 e. The first-order valence-corrected chi connectivity index (χ1v) is 6.17. The molecule has 96 valence electrons. The van der Waals surface area contributed by atoms with Gasteiger partial charge in [0.1, 0.15) is 6.07 Å². The summed E-state index contributed by atoms with van der Waals surface area (Å²) in [6, 6.07) is 3.02. The highest BCUT2D eigenvalue weighted by Crippen LogP contribution is 2.23. The Kier molecular flexibility index (Phi) is 3.68. The van der Waals surface area contributed by atoms with Gasteiger partial charge in [0.15, 0.2) is 0 Å². The van der Waals surface area contributed by atoms with E-state index in [2.05, 4.69) is 15.3 Å². The number of nitriles is 1. The summed E-state index contributed by atoms with van der Waals surface area (Å²) in [7, 11) is 0. The molecule has 0 fully saturated rings. The molecule has 2 aromatic rings. The van der Waals surface area contributed by atoms with Crippen LogP contribution in [0.15, 0.2) is 17.6 Å². The standard InChI is InChI=1S/C11H9N5O2S/c1-7-15-9(6-19-7)5-14-11-10(16(17)18)2-8(3-12)4-13-11/h2,4,6H,5H2,1H3,(H,13,14). The zero-order chi connectivity index (χ0) is 13.8. The van der Waals surface area contributed by atoms with Crippen molar-refractivity contribution in [2.45, 2.75) is 13.5 Å². The Hall–Kier alpha value is -2.53. The fourth-order valence-electron chi connectivity index (χ4n) is 1.45. The van der Waals surface area contributed by atoms with E-state index in [4.69, 9.17) is 5.26 Å². The Morgan fingerprint density at radius 3 is 3.00 bits per heavy atom. The van der Waals surface area contributed by atoms with Crippen molar-refractivity contribution in [3.05, 3.63) is 44.0 Å². The van der Waals surface area contributed by atoms with Crippen LogP contribution in [0.2, 0.25) is 0 Å². The van der Waals surface area contributed by atoms with Crippen molar-refractivity contribution in [3.63, 3.8) is 0 Å². The number of thiazole rings is 1. The molecule has 0 saturated heterocycles. The van der Waals surface area contributed by atoms with Gasteiger partial charge in [-0.15, -0.1) is 11.3 Å². The summed E-state index contributed by atoms with van der Waals surface area (Å²) in [5.41, 5.74) is 0.732.